The maximum Gasteiger partial charge on any atom is 0.423 e. The van der Waals surface area contributed by atoms with Crippen LogP contribution in [0.4, 0.5) is 33.3 Å². The molecule has 0 saturated heterocycles. The average Bonchev–Trinajstić information content (AvgIpc) is 2.60. The topological polar surface area (TPSA) is 102 Å². The number of nitro benzene ring substituents is 1. The highest BCUT2D eigenvalue weighted by Gasteiger charge is 2.39. The first-order valence-electron chi connectivity index (χ1n) is 7.78. The number of carbonyl (C=O) groups is 1. The van der Waals surface area contributed by atoms with E-state index in [0.717, 1.165) is 25.1 Å². The molecular weight excluding hydrogens is 407 g/mol. The summed E-state index contributed by atoms with van der Waals surface area (Å²) in [6.45, 7) is 0.125. The quantitative estimate of drug-likeness (QED) is 0.422. The number of anilines is 1. The van der Waals surface area contributed by atoms with Crippen molar-refractivity contribution in [2.75, 3.05) is 11.9 Å². The Morgan fingerprint density at radius 3 is 2.41 bits per heavy atom. The van der Waals surface area contributed by atoms with Crippen LogP contribution in [0.3, 0.4) is 0 Å². The highest BCUT2D eigenvalue weighted by Crippen LogP contribution is 2.37. The number of hydrogen-bond acceptors (Lipinski definition) is 5. The average molecular weight is 420 g/mol. The summed E-state index contributed by atoms with van der Waals surface area (Å²) in [6, 6.07) is 4.05. The molecule has 0 radical (unpaired) electrons. The Morgan fingerprint density at radius 1 is 1.21 bits per heavy atom. The molecule has 0 spiro atoms. The van der Waals surface area contributed by atoms with Gasteiger partial charge in [0.15, 0.2) is 17.2 Å². The molecule has 2 aromatic rings. The molecular formula is C17H13F5N2O5. The molecule has 12 heteroatoms. The molecule has 29 heavy (non-hydrogen) atoms. The lowest BCUT2D eigenvalue weighted by Gasteiger charge is -2.23. The van der Waals surface area contributed by atoms with Crippen LogP contribution in [0.15, 0.2) is 36.4 Å². The summed E-state index contributed by atoms with van der Waals surface area (Å²) in [5.41, 5.74) is -5.61. The summed E-state index contributed by atoms with van der Waals surface area (Å²) in [5, 5.41) is 22.9. The van der Waals surface area contributed by atoms with Crippen molar-refractivity contribution in [1.82, 2.24) is 0 Å². The molecule has 0 bridgehead atoms. The number of alkyl halides is 3. The summed E-state index contributed by atoms with van der Waals surface area (Å²) in [7, 11) is 0. The van der Waals surface area contributed by atoms with E-state index in [1.165, 1.54) is 0 Å². The van der Waals surface area contributed by atoms with Gasteiger partial charge in [-0.3, -0.25) is 14.9 Å². The van der Waals surface area contributed by atoms with Crippen molar-refractivity contribution in [2.45, 2.75) is 18.7 Å². The van der Waals surface area contributed by atoms with Crippen molar-refractivity contribution in [3.8, 4) is 5.75 Å². The monoisotopic (exact) mass is 420 g/mol. The number of halogens is 5. The van der Waals surface area contributed by atoms with Crippen LogP contribution in [0.5, 0.6) is 5.75 Å². The van der Waals surface area contributed by atoms with Gasteiger partial charge in [0.25, 0.3) is 11.6 Å². The second-order valence-corrected chi connectivity index (χ2v) is 6.08. The lowest BCUT2D eigenvalue weighted by molar-refractivity contribution is -0.388. The van der Waals surface area contributed by atoms with Crippen LogP contribution in [-0.4, -0.2) is 28.1 Å². The third-order valence-corrected chi connectivity index (χ3v) is 3.65. The summed E-state index contributed by atoms with van der Waals surface area (Å²) < 4.78 is 70.3. The number of aliphatic hydroxyl groups is 1. The standard InChI is InChI=1S/C17H13F5N2O5/c1-16(26,8-29-14-5-2-9(18)6-12(14)19)15(25)23-10-3-4-13(24(27)28)11(7-10)17(20,21)22/h2-7,26H,8H2,1H3,(H,23,25)/t16-/m0/s1. The van der Waals surface area contributed by atoms with Gasteiger partial charge in [-0.05, 0) is 31.2 Å². The predicted octanol–water partition coefficient (Wildman–Crippen LogP) is 3.66. The molecule has 0 aromatic heterocycles. The smallest absolute Gasteiger partial charge is 0.423 e. The Morgan fingerprint density at radius 2 is 1.86 bits per heavy atom. The van der Waals surface area contributed by atoms with E-state index < -0.39 is 63.5 Å². The summed E-state index contributed by atoms with van der Waals surface area (Å²) in [5.74, 6) is -3.65. The molecule has 2 rings (SSSR count). The van der Waals surface area contributed by atoms with Crippen molar-refractivity contribution in [3.05, 3.63) is 63.7 Å². The highest BCUT2D eigenvalue weighted by atomic mass is 19.4. The fourth-order valence-corrected chi connectivity index (χ4v) is 2.14. The number of amides is 1. The molecule has 0 saturated carbocycles. The number of nitro groups is 1. The van der Waals surface area contributed by atoms with E-state index in [4.69, 9.17) is 4.74 Å². The number of nitrogens with zero attached hydrogens (tertiary/aromatic N) is 1. The summed E-state index contributed by atoms with van der Waals surface area (Å²) in [4.78, 5) is 21.7. The Kier molecular flexibility index (Phi) is 6.07. The highest BCUT2D eigenvalue weighted by molar-refractivity contribution is 5.97. The molecule has 7 nitrogen and oxygen atoms in total. The summed E-state index contributed by atoms with van der Waals surface area (Å²) >= 11 is 0. The summed E-state index contributed by atoms with van der Waals surface area (Å²) in [6.07, 6.45) is -5.06. The maximum atomic E-state index is 13.5. The van der Waals surface area contributed by atoms with Crippen LogP contribution in [0.25, 0.3) is 0 Å². The van der Waals surface area contributed by atoms with E-state index >= 15 is 0 Å². The number of hydrogen-bond donors (Lipinski definition) is 2. The zero-order chi connectivity index (χ0) is 22.0. The SMILES string of the molecule is C[C@](O)(COc1ccc(F)cc1F)C(=O)Nc1ccc([N+](=O)[O-])c(C(F)(F)F)c1. The van der Waals surface area contributed by atoms with Crippen LogP contribution in [0.2, 0.25) is 0 Å². The van der Waals surface area contributed by atoms with Crippen LogP contribution >= 0.6 is 0 Å². The fraction of sp³-hybridized carbons (Fsp3) is 0.235. The van der Waals surface area contributed by atoms with E-state index in [1.807, 2.05) is 5.32 Å². The normalized spacial score (nSPS) is 13.5. The van der Waals surface area contributed by atoms with Crippen molar-refractivity contribution >= 4 is 17.3 Å². The zero-order valence-corrected chi connectivity index (χ0v) is 14.6. The van der Waals surface area contributed by atoms with Crippen LogP contribution in [0.1, 0.15) is 12.5 Å². The van der Waals surface area contributed by atoms with Crippen LogP contribution in [-0.2, 0) is 11.0 Å². The van der Waals surface area contributed by atoms with E-state index in [0.29, 0.717) is 18.2 Å². The molecule has 1 amide bonds. The van der Waals surface area contributed by atoms with Gasteiger partial charge >= 0.3 is 6.18 Å². The molecule has 1 atom stereocenters. The molecule has 0 unspecified atom stereocenters. The Hall–Kier alpha value is -3.28. The van der Waals surface area contributed by atoms with Gasteiger partial charge in [0.1, 0.15) is 18.0 Å². The van der Waals surface area contributed by atoms with Crippen molar-refractivity contribution in [1.29, 1.82) is 0 Å². The predicted molar refractivity (Wildman–Crippen MR) is 89.2 cm³/mol. The van der Waals surface area contributed by atoms with Gasteiger partial charge in [0.05, 0.1) is 4.92 Å². The van der Waals surface area contributed by atoms with Crippen molar-refractivity contribution in [3.63, 3.8) is 0 Å². The minimum absolute atomic E-state index is 0.340. The van der Waals surface area contributed by atoms with Gasteiger partial charge in [0, 0.05) is 17.8 Å². The first-order valence-corrected chi connectivity index (χ1v) is 7.78. The number of nitrogens with one attached hydrogen (secondary N) is 1. The van der Waals surface area contributed by atoms with E-state index in [2.05, 4.69) is 0 Å². The molecule has 0 fully saturated rings. The van der Waals surface area contributed by atoms with Crippen LogP contribution in [0, 0.1) is 21.7 Å². The molecule has 2 N–H and O–H groups in total. The number of rotatable bonds is 6. The van der Waals surface area contributed by atoms with Crippen LogP contribution < -0.4 is 10.1 Å². The van der Waals surface area contributed by atoms with Gasteiger partial charge < -0.3 is 15.2 Å². The molecule has 0 aliphatic carbocycles. The number of benzene rings is 2. The third kappa shape index (κ3) is 5.38. The molecule has 156 valence electrons. The Labute approximate surface area is 159 Å². The lowest BCUT2D eigenvalue weighted by Crippen LogP contribution is -2.45. The van der Waals surface area contributed by atoms with Gasteiger partial charge in [-0.15, -0.1) is 0 Å². The maximum absolute atomic E-state index is 13.5. The van der Waals surface area contributed by atoms with Crippen molar-refractivity contribution < 1.29 is 41.5 Å². The number of carbonyl (C=O) groups excluding carboxylic acids is 1. The van der Waals surface area contributed by atoms with Crippen molar-refractivity contribution in [2.24, 2.45) is 0 Å². The molecule has 2 aromatic carbocycles. The van der Waals surface area contributed by atoms with Gasteiger partial charge in [-0.1, -0.05) is 0 Å². The first-order chi connectivity index (χ1) is 13.3. The largest absolute Gasteiger partial charge is 0.487 e. The lowest BCUT2D eigenvalue weighted by atomic mass is 10.1. The molecule has 0 heterocycles. The Bertz CT molecular complexity index is 946. The van der Waals surface area contributed by atoms with E-state index in [9.17, 15) is 42.0 Å². The third-order valence-electron chi connectivity index (χ3n) is 3.65. The molecule has 0 aliphatic heterocycles. The first kappa shape index (κ1) is 22.0. The van der Waals surface area contributed by atoms with Gasteiger partial charge in [-0.25, -0.2) is 8.78 Å². The minimum atomic E-state index is -5.06. The van der Waals surface area contributed by atoms with Gasteiger partial charge in [0.2, 0.25) is 0 Å². The second-order valence-electron chi connectivity index (χ2n) is 6.08. The second kappa shape index (κ2) is 7.99. The van der Waals surface area contributed by atoms with E-state index in [-0.39, 0.29) is 0 Å². The zero-order valence-electron chi connectivity index (χ0n) is 14.6. The fourth-order valence-electron chi connectivity index (χ4n) is 2.14. The number of ether oxygens (including phenoxy) is 1. The molecule has 0 aliphatic rings. The van der Waals surface area contributed by atoms with E-state index in [1.54, 1.807) is 0 Å². The van der Waals surface area contributed by atoms with Gasteiger partial charge in [-0.2, -0.15) is 13.2 Å². The minimum Gasteiger partial charge on any atom is -0.487 e. The Balaban J connectivity index is 2.16.